The molecule has 15 rings (SSSR count). The molecular formula is C64H36N2. The Labute approximate surface area is 380 Å². The standard InChI is InChI=1S/C64H36N2/c1-3-17-46-44(15-1)45-16-2-4-18-47(45)64-60(43-14-6-12-41(34-43)38-27-31-66-32-28-38)57-36-55-53-24-22-51-49-20-8-10-39-9-7-19-48(58(39)49)50-21-23-52(62(53)61(50)51)54(55)35-56(57)59(63(46)64)42-13-5-11-40(33-42)37-25-29-65-30-26-37/h1-36H. The smallest absolute Gasteiger partial charge is 0.0273 e. The zero-order valence-electron chi connectivity index (χ0n) is 35.7. The molecule has 66 heavy (non-hydrogen) atoms. The molecule has 0 saturated carbocycles. The molecule has 2 nitrogen and oxygen atoms in total. The first-order valence-corrected chi connectivity index (χ1v) is 22.8. The molecule has 0 aliphatic heterocycles. The monoisotopic (exact) mass is 832 g/mol. The summed E-state index contributed by atoms with van der Waals surface area (Å²) in [5.74, 6) is 0. The van der Waals surface area contributed by atoms with Crippen molar-refractivity contribution in [2.24, 2.45) is 0 Å². The molecular weight excluding hydrogens is 797 g/mol. The highest BCUT2D eigenvalue weighted by atomic mass is 14.6. The maximum atomic E-state index is 4.36. The van der Waals surface area contributed by atoms with Gasteiger partial charge in [0.25, 0.3) is 0 Å². The molecule has 1 aliphatic rings. The molecule has 0 bridgehead atoms. The van der Waals surface area contributed by atoms with Crippen LogP contribution in [-0.2, 0) is 0 Å². The third kappa shape index (κ3) is 4.85. The van der Waals surface area contributed by atoms with Crippen LogP contribution in [0.2, 0.25) is 0 Å². The Morgan fingerprint density at radius 1 is 0.212 bits per heavy atom. The van der Waals surface area contributed by atoms with Gasteiger partial charge in [-0.2, -0.15) is 0 Å². The number of fused-ring (bicyclic) bond motifs is 12. The van der Waals surface area contributed by atoms with Crippen molar-refractivity contribution in [1.82, 2.24) is 9.97 Å². The number of pyridine rings is 2. The topological polar surface area (TPSA) is 25.8 Å². The Hall–Kier alpha value is -8.72. The van der Waals surface area contributed by atoms with Crippen LogP contribution in [0.4, 0.5) is 0 Å². The molecule has 0 N–H and O–H groups in total. The lowest BCUT2D eigenvalue weighted by Crippen LogP contribution is -1.95. The summed E-state index contributed by atoms with van der Waals surface area (Å²) >= 11 is 0. The first-order chi connectivity index (χ1) is 32.8. The lowest BCUT2D eigenvalue weighted by Gasteiger charge is -2.23. The maximum absolute atomic E-state index is 4.36. The lowest BCUT2D eigenvalue weighted by molar-refractivity contribution is 1.33. The molecule has 0 amide bonds. The van der Waals surface area contributed by atoms with Gasteiger partial charge in [-0.1, -0.05) is 146 Å². The Bertz CT molecular complexity index is 4110. The van der Waals surface area contributed by atoms with Crippen molar-refractivity contribution in [3.05, 3.63) is 219 Å². The number of rotatable bonds is 4. The minimum Gasteiger partial charge on any atom is -0.265 e. The average Bonchev–Trinajstić information content (AvgIpc) is 3.71. The summed E-state index contributed by atoms with van der Waals surface area (Å²) in [6.45, 7) is 0. The highest BCUT2D eigenvalue weighted by Gasteiger charge is 2.29. The number of nitrogens with zero attached hydrogens (tertiary/aromatic N) is 2. The summed E-state index contributed by atoms with van der Waals surface area (Å²) in [5.41, 5.74) is 14.7. The van der Waals surface area contributed by atoms with Crippen LogP contribution >= 0.6 is 0 Å². The van der Waals surface area contributed by atoms with Gasteiger partial charge < -0.3 is 0 Å². The average molecular weight is 833 g/mol. The summed E-state index contributed by atoms with van der Waals surface area (Å²) < 4.78 is 0. The van der Waals surface area contributed by atoms with Crippen molar-refractivity contribution >= 4 is 86.2 Å². The van der Waals surface area contributed by atoms with Gasteiger partial charge in [-0.15, -0.1) is 0 Å². The molecule has 0 unspecified atom stereocenters. The third-order valence-electron chi connectivity index (χ3n) is 14.7. The molecule has 0 saturated heterocycles. The van der Waals surface area contributed by atoms with E-state index in [0.29, 0.717) is 0 Å². The van der Waals surface area contributed by atoms with Crippen molar-refractivity contribution < 1.29 is 0 Å². The van der Waals surface area contributed by atoms with Crippen LogP contribution in [0.5, 0.6) is 0 Å². The van der Waals surface area contributed by atoms with Gasteiger partial charge in [-0.3, -0.25) is 9.97 Å². The molecule has 0 spiro atoms. The summed E-state index contributed by atoms with van der Waals surface area (Å²) in [7, 11) is 0. The van der Waals surface area contributed by atoms with Crippen molar-refractivity contribution in [1.29, 1.82) is 0 Å². The van der Waals surface area contributed by atoms with Gasteiger partial charge >= 0.3 is 0 Å². The molecule has 12 aromatic carbocycles. The Balaban J connectivity index is 1.15. The van der Waals surface area contributed by atoms with Crippen molar-refractivity contribution in [3.63, 3.8) is 0 Å². The lowest BCUT2D eigenvalue weighted by atomic mass is 9.80. The molecule has 0 radical (unpaired) electrons. The third-order valence-corrected chi connectivity index (χ3v) is 14.7. The molecule has 0 fully saturated rings. The van der Waals surface area contributed by atoms with Gasteiger partial charge in [0.2, 0.25) is 0 Å². The van der Waals surface area contributed by atoms with Gasteiger partial charge in [0.15, 0.2) is 0 Å². The second-order valence-corrected chi connectivity index (χ2v) is 17.9. The van der Waals surface area contributed by atoms with E-state index in [1.54, 1.807) is 0 Å². The van der Waals surface area contributed by atoms with Crippen LogP contribution in [0.15, 0.2) is 219 Å². The SMILES string of the molecule is c1cc(-c2ccncc2)cc(-c2c3cc4c(cc3c(-c3cccc(-c5ccncc5)c3)c3c5ccccc5c5ccccc5c23)-c2ccc3c5cccc6cccc(c7ccc-4c2c73)c65)c1. The molecule has 2 heterocycles. The van der Waals surface area contributed by atoms with Crippen molar-refractivity contribution in [2.45, 2.75) is 0 Å². The fourth-order valence-corrected chi connectivity index (χ4v) is 12.0. The predicted octanol–water partition coefficient (Wildman–Crippen LogP) is 17.5. The van der Waals surface area contributed by atoms with E-state index in [-0.39, 0.29) is 0 Å². The van der Waals surface area contributed by atoms with Crippen molar-refractivity contribution in [3.8, 4) is 66.8 Å². The van der Waals surface area contributed by atoms with Crippen LogP contribution in [-0.4, -0.2) is 9.97 Å². The van der Waals surface area contributed by atoms with Crippen LogP contribution in [0.1, 0.15) is 0 Å². The van der Waals surface area contributed by atoms with E-state index < -0.39 is 0 Å². The van der Waals surface area contributed by atoms with E-state index in [1.807, 2.05) is 24.8 Å². The second kappa shape index (κ2) is 13.4. The van der Waals surface area contributed by atoms with E-state index in [1.165, 1.54) is 142 Å². The fourth-order valence-electron chi connectivity index (χ4n) is 12.0. The quantitative estimate of drug-likeness (QED) is 0.130. The molecule has 0 atom stereocenters. The van der Waals surface area contributed by atoms with Crippen LogP contribution in [0.3, 0.4) is 0 Å². The van der Waals surface area contributed by atoms with Gasteiger partial charge in [-0.05, 0) is 201 Å². The fraction of sp³-hybridized carbons (Fsp3) is 0. The van der Waals surface area contributed by atoms with E-state index in [0.717, 1.165) is 11.1 Å². The summed E-state index contributed by atoms with van der Waals surface area (Å²) in [5, 5.41) is 20.6. The largest absolute Gasteiger partial charge is 0.265 e. The van der Waals surface area contributed by atoms with Gasteiger partial charge in [0, 0.05) is 24.8 Å². The summed E-state index contributed by atoms with van der Waals surface area (Å²) in [6.07, 6.45) is 7.55. The first kappa shape index (κ1) is 35.7. The van der Waals surface area contributed by atoms with Crippen LogP contribution in [0, 0.1) is 0 Å². The summed E-state index contributed by atoms with van der Waals surface area (Å²) in [4.78, 5) is 8.73. The van der Waals surface area contributed by atoms with Crippen molar-refractivity contribution in [2.75, 3.05) is 0 Å². The van der Waals surface area contributed by atoms with Crippen LogP contribution in [0.25, 0.3) is 153 Å². The normalized spacial score (nSPS) is 12.2. The van der Waals surface area contributed by atoms with E-state index >= 15 is 0 Å². The highest BCUT2D eigenvalue weighted by molar-refractivity contribution is 6.40. The Morgan fingerprint density at radius 2 is 0.606 bits per heavy atom. The molecule has 14 aromatic rings. The van der Waals surface area contributed by atoms with E-state index in [2.05, 4.69) is 204 Å². The molecule has 2 heteroatoms. The maximum Gasteiger partial charge on any atom is 0.0273 e. The zero-order valence-corrected chi connectivity index (χ0v) is 35.7. The zero-order chi connectivity index (χ0) is 43.0. The minimum absolute atomic E-state index is 1.15. The van der Waals surface area contributed by atoms with Crippen LogP contribution < -0.4 is 0 Å². The summed E-state index contributed by atoms with van der Waals surface area (Å²) in [6, 6.07) is 73.1. The van der Waals surface area contributed by atoms with E-state index in [4.69, 9.17) is 0 Å². The molecule has 2 aromatic heterocycles. The van der Waals surface area contributed by atoms with Gasteiger partial charge in [0.05, 0.1) is 0 Å². The number of hydrogen-bond donors (Lipinski definition) is 0. The van der Waals surface area contributed by atoms with Gasteiger partial charge in [0.1, 0.15) is 0 Å². The molecule has 302 valence electrons. The first-order valence-electron chi connectivity index (χ1n) is 22.8. The van der Waals surface area contributed by atoms with E-state index in [9.17, 15) is 0 Å². The number of aromatic nitrogens is 2. The minimum atomic E-state index is 1.15. The number of benzene rings is 12. The highest BCUT2D eigenvalue weighted by Crippen LogP contribution is 2.57. The Morgan fingerprint density at radius 3 is 1.09 bits per heavy atom. The second-order valence-electron chi connectivity index (χ2n) is 17.9. The van der Waals surface area contributed by atoms with Gasteiger partial charge in [-0.25, -0.2) is 0 Å². The number of hydrogen-bond acceptors (Lipinski definition) is 2. The Kier molecular flexibility index (Phi) is 7.25. The molecule has 1 aliphatic carbocycles. The predicted molar refractivity (Wildman–Crippen MR) is 279 cm³/mol.